The number of primary amides is 1. The van der Waals surface area contributed by atoms with Crippen molar-refractivity contribution in [3.05, 3.63) is 11.6 Å². The Hall–Kier alpha value is -1.32. The SMILES string of the molecule is NC(=O)C1=CC2CC1CC2C(=O)O. The molecule has 0 radical (unpaired) electrons. The number of carbonyl (C=O) groups is 2. The molecule has 0 aliphatic heterocycles. The zero-order chi connectivity index (χ0) is 9.59. The van der Waals surface area contributed by atoms with Crippen molar-refractivity contribution < 1.29 is 14.7 Å². The topological polar surface area (TPSA) is 80.4 Å². The van der Waals surface area contributed by atoms with Crippen molar-refractivity contribution in [1.29, 1.82) is 0 Å². The molecule has 0 spiro atoms. The molecule has 0 aromatic carbocycles. The van der Waals surface area contributed by atoms with Crippen molar-refractivity contribution in [2.45, 2.75) is 12.8 Å². The number of aliphatic carboxylic acids is 1. The summed E-state index contributed by atoms with van der Waals surface area (Å²) >= 11 is 0. The molecule has 4 nitrogen and oxygen atoms in total. The fourth-order valence-corrected chi connectivity index (χ4v) is 2.44. The number of carbonyl (C=O) groups excluding carboxylic acids is 1. The minimum absolute atomic E-state index is 0.0324. The number of amides is 1. The van der Waals surface area contributed by atoms with E-state index in [-0.39, 0.29) is 17.8 Å². The van der Waals surface area contributed by atoms with Gasteiger partial charge < -0.3 is 10.8 Å². The lowest BCUT2D eigenvalue weighted by molar-refractivity contribution is -0.142. The Morgan fingerprint density at radius 2 is 2.15 bits per heavy atom. The van der Waals surface area contributed by atoms with Crippen LogP contribution in [0.5, 0.6) is 0 Å². The second kappa shape index (κ2) is 2.58. The molecule has 0 aromatic heterocycles. The fourth-order valence-electron chi connectivity index (χ4n) is 2.44. The van der Waals surface area contributed by atoms with Crippen molar-refractivity contribution in [2.24, 2.45) is 23.5 Å². The third-order valence-electron chi connectivity index (χ3n) is 3.05. The number of rotatable bonds is 2. The monoisotopic (exact) mass is 181 g/mol. The highest BCUT2D eigenvalue weighted by Crippen LogP contribution is 2.47. The van der Waals surface area contributed by atoms with Gasteiger partial charge in [-0.1, -0.05) is 6.08 Å². The van der Waals surface area contributed by atoms with Gasteiger partial charge in [-0.3, -0.25) is 9.59 Å². The molecule has 3 unspecified atom stereocenters. The second-order valence-electron chi connectivity index (χ2n) is 3.76. The highest BCUT2D eigenvalue weighted by molar-refractivity contribution is 5.93. The molecule has 1 amide bonds. The summed E-state index contributed by atoms with van der Waals surface area (Å²) in [5, 5.41) is 8.81. The highest BCUT2D eigenvalue weighted by atomic mass is 16.4. The maximum absolute atomic E-state index is 10.9. The first-order valence-electron chi connectivity index (χ1n) is 4.34. The van der Waals surface area contributed by atoms with Crippen LogP contribution in [0.2, 0.25) is 0 Å². The second-order valence-corrected chi connectivity index (χ2v) is 3.76. The maximum atomic E-state index is 10.9. The predicted molar refractivity (Wildman–Crippen MR) is 44.6 cm³/mol. The molecule has 4 heteroatoms. The summed E-state index contributed by atoms with van der Waals surface area (Å²) in [4.78, 5) is 21.6. The van der Waals surface area contributed by atoms with E-state index >= 15 is 0 Å². The summed E-state index contributed by atoms with van der Waals surface area (Å²) in [5.41, 5.74) is 5.79. The van der Waals surface area contributed by atoms with E-state index in [1.807, 2.05) is 0 Å². The maximum Gasteiger partial charge on any atom is 0.307 e. The Bertz CT molecular complexity index is 308. The van der Waals surface area contributed by atoms with Crippen LogP contribution in [0, 0.1) is 17.8 Å². The van der Waals surface area contributed by atoms with Gasteiger partial charge in [-0.15, -0.1) is 0 Å². The molecule has 1 saturated carbocycles. The first-order valence-corrected chi connectivity index (χ1v) is 4.34. The molecule has 2 aliphatic rings. The van der Waals surface area contributed by atoms with Crippen molar-refractivity contribution in [1.82, 2.24) is 0 Å². The van der Waals surface area contributed by atoms with Crippen molar-refractivity contribution >= 4 is 11.9 Å². The van der Waals surface area contributed by atoms with Gasteiger partial charge in [-0.25, -0.2) is 0 Å². The molecular formula is C9H11NO3. The van der Waals surface area contributed by atoms with E-state index in [0.717, 1.165) is 6.42 Å². The van der Waals surface area contributed by atoms with Crippen LogP contribution in [0.4, 0.5) is 0 Å². The van der Waals surface area contributed by atoms with E-state index in [1.165, 1.54) is 0 Å². The average Bonchev–Trinajstić information content (AvgIpc) is 2.60. The molecule has 0 aromatic rings. The summed E-state index contributed by atoms with van der Waals surface area (Å²) in [7, 11) is 0. The van der Waals surface area contributed by atoms with Crippen molar-refractivity contribution in [3.63, 3.8) is 0 Å². The minimum Gasteiger partial charge on any atom is -0.481 e. The average molecular weight is 181 g/mol. The lowest BCUT2D eigenvalue weighted by Crippen LogP contribution is -2.23. The Morgan fingerprint density at radius 1 is 1.46 bits per heavy atom. The summed E-state index contributed by atoms with van der Waals surface area (Å²) < 4.78 is 0. The van der Waals surface area contributed by atoms with Gasteiger partial charge in [0.15, 0.2) is 0 Å². The Balaban J connectivity index is 2.20. The number of nitrogens with two attached hydrogens (primary N) is 1. The summed E-state index contributed by atoms with van der Waals surface area (Å²) in [5.74, 6) is -1.31. The molecule has 3 N–H and O–H groups in total. The van der Waals surface area contributed by atoms with Crippen LogP contribution in [-0.2, 0) is 9.59 Å². The highest BCUT2D eigenvalue weighted by Gasteiger charge is 2.45. The summed E-state index contributed by atoms with van der Waals surface area (Å²) in [6.07, 6.45) is 3.11. The molecule has 70 valence electrons. The molecule has 13 heavy (non-hydrogen) atoms. The Morgan fingerprint density at radius 3 is 2.54 bits per heavy atom. The smallest absolute Gasteiger partial charge is 0.307 e. The number of hydrogen-bond donors (Lipinski definition) is 2. The van der Waals surface area contributed by atoms with Gasteiger partial charge in [-0.2, -0.15) is 0 Å². The lowest BCUT2D eigenvalue weighted by atomic mass is 9.89. The van der Waals surface area contributed by atoms with E-state index < -0.39 is 11.9 Å². The van der Waals surface area contributed by atoms with Gasteiger partial charge in [0, 0.05) is 5.57 Å². The number of allylic oxidation sites excluding steroid dienone is 1. The van der Waals surface area contributed by atoms with E-state index in [2.05, 4.69) is 0 Å². The predicted octanol–water partition coefficient (Wildman–Crippen LogP) is 0.139. The van der Waals surface area contributed by atoms with Crippen LogP contribution in [-0.4, -0.2) is 17.0 Å². The van der Waals surface area contributed by atoms with E-state index in [4.69, 9.17) is 10.8 Å². The minimum atomic E-state index is -0.757. The van der Waals surface area contributed by atoms with Gasteiger partial charge in [0.2, 0.25) is 5.91 Å². The largest absolute Gasteiger partial charge is 0.481 e. The number of carboxylic acids is 1. The van der Waals surface area contributed by atoms with Crippen LogP contribution >= 0.6 is 0 Å². The molecule has 1 fully saturated rings. The summed E-state index contributed by atoms with van der Waals surface area (Å²) in [6, 6.07) is 0. The van der Waals surface area contributed by atoms with Gasteiger partial charge in [0.05, 0.1) is 5.92 Å². The van der Waals surface area contributed by atoms with Crippen LogP contribution in [0.25, 0.3) is 0 Å². The van der Waals surface area contributed by atoms with E-state index in [1.54, 1.807) is 6.08 Å². The lowest BCUT2D eigenvalue weighted by Gasteiger charge is -2.15. The number of carboxylic acid groups (broad SMARTS) is 1. The van der Waals surface area contributed by atoms with Crippen molar-refractivity contribution in [2.75, 3.05) is 0 Å². The number of fused-ring (bicyclic) bond motifs is 2. The zero-order valence-corrected chi connectivity index (χ0v) is 7.06. The molecule has 0 heterocycles. The first kappa shape index (κ1) is 8.29. The van der Waals surface area contributed by atoms with Gasteiger partial charge in [0.25, 0.3) is 0 Å². The van der Waals surface area contributed by atoms with Gasteiger partial charge in [0.1, 0.15) is 0 Å². The van der Waals surface area contributed by atoms with Crippen LogP contribution < -0.4 is 5.73 Å². The standard InChI is InChI=1S/C9H11NO3/c10-8(11)6-2-5-1-4(6)3-7(5)9(12)13/h2,4-5,7H,1,3H2,(H2,10,11)(H,12,13). The van der Waals surface area contributed by atoms with Crippen molar-refractivity contribution in [3.8, 4) is 0 Å². The Kier molecular flexibility index (Phi) is 1.65. The molecule has 2 bridgehead atoms. The number of hydrogen-bond acceptors (Lipinski definition) is 2. The quantitative estimate of drug-likeness (QED) is 0.635. The first-order chi connectivity index (χ1) is 6.09. The summed E-state index contributed by atoms with van der Waals surface area (Å²) in [6.45, 7) is 0. The molecular weight excluding hydrogens is 170 g/mol. The van der Waals surface area contributed by atoms with E-state index in [9.17, 15) is 9.59 Å². The van der Waals surface area contributed by atoms with Gasteiger partial charge >= 0.3 is 5.97 Å². The Labute approximate surface area is 75.4 Å². The van der Waals surface area contributed by atoms with Crippen LogP contribution in [0.15, 0.2) is 11.6 Å². The van der Waals surface area contributed by atoms with Crippen LogP contribution in [0.3, 0.4) is 0 Å². The zero-order valence-electron chi connectivity index (χ0n) is 7.06. The fraction of sp³-hybridized carbons (Fsp3) is 0.556. The molecule has 3 atom stereocenters. The van der Waals surface area contributed by atoms with E-state index in [0.29, 0.717) is 12.0 Å². The normalized spacial score (nSPS) is 36.0. The third-order valence-corrected chi connectivity index (χ3v) is 3.05. The molecule has 2 rings (SSSR count). The molecule has 2 aliphatic carbocycles. The third kappa shape index (κ3) is 1.13. The van der Waals surface area contributed by atoms with Gasteiger partial charge in [-0.05, 0) is 24.7 Å². The van der Waals surface area contributed by atoms with Crippen LogP contribution in [0.1, 0.15) is 12.8 Å². The molecule has 0 saturated heterocycles.